The van der Waals surface area contributed by atoms with Gasteiger partial charge in [0.25, 0.3) is 0 Å². The third kappa shape index (κ3) is 2.37. The quantitative estimate of drug-likeness (QED) is 0.694. The average Bonchev–Trinajstić information content (AvgIpc) is 2.47. The summed E-state index contributed by atoms with van der Waals surface area (Å²) in [7, 11) is 1.99. The summed E-state index contributed by atoms with van der Waals surface area (Å²) in [4.78, 5) is 6.47. The van der Waals surface area contributed by atoms with Gasteiger partial charge >= 0.3 is 0 Å². The number of halogens is 1. The van der Waals surface area contributed by atoms with Crippen LogP contribution in [0.5, 0.6) is 0 Å². The number of aromatic nitrogens is 2. The summed E-state index contributed by atoms with van der Waals surface area (Å²) in [5.41, 5.74) is 0. The van der Waals surface area contributed by atoms with E-state index in [1.165, 1.54) is 0 Å². The average molecular weight is 202 g/mol. The van der Waals surface area contributed by atoms with Crippen molar-refractivity contribution in [2.75, 3.05) is 17.3 Å². The molecule has 74 valence electrons. The molecule has 0 aromatic carbocycles. The smallest absolute Gasteiger partial charge is 0.205 e. The minimum absolute atomic E-state index is 0.430. The third-order valence-corrected chi connectivity index (χ3v) is 2.17. The van der Waals surface area contributed by atoms with Gasteiger partial charge in [0, 0.05) is 37.9 Å². The molecule has 0 radical (unpaired) electrons. The number of hydrogen-bond acceptors (Lipinski definition) is 2. The Labute approximate surface area is 84.3 Å². The fraction of sp³-hybridized carbons (Fsp3) is 0.667. The molecule has 0 aliphatic carbocycles. The second-order valence-electron chi connectivity index (χ2n) is 3.31. The zero-order valence-corrected chi connectivity index (χ0v) is 9.12. The lowest BCUT2D eigenvalue weighted by Gasteiger charge is -2.26. The fourth-order valence-corrected chi connectivity index (χ4v) is 1.50. The molecule has 0 saturated heterocycles. The van der Waals surface area contributed by atoms with Gasteiger partial charge in [-0.15, -0.1) is 11.6 Å². The molecule has 0 aliphatic rings. The Hall–Kier alpha value is -0.700. The molecule has 0 unspecified atom stereocenters. The maximum atomic E-state index is 5.73. The lowest BCUT2D eigenvalue weighted by atomic mass is 10.3. The second-order valence-corrected chi connectivity index (χ2v) is 3.69. The molecule has 1 aromatic rings. The monoisotopic (exact) mass is 201 g/mol. The van der Waals surface area contributed by atoms with Crippen LogP contribution in [0.1, 0.15) is 13.8 Å². The summed E-state index contributed by atoms with van der Waals surface area (Å²) >= 11 is 5.73. The van der Waals surface area contributed by atoms with Crippen LogP contribution >= 0.6 is 11.6 Å². The van der Waals surface area contributed by atoms with Gasteiger partial charge in [0.05, 0.1) is 0 Å². The van der Waals surface area contributed by atoms with E-state index < -0.39 is 0 Å². The van der Waals surface area contributed by atoms with Crippen LogP contribution in [0.4, 0.5) is 5.95 Å². The maximum absolute atomic E-state index is 5.73. The van der Waals surface area contributed by atoms with Gasteiger partial charge in [-0.05, 0) is 13.8 Å². The van der Waals surface area contributed by atoms with Crippen molar-refractivity contribution in [3.8, 4) is 0 Å². The number of nitrogens with zero attached hydrogens (tertiary/aromatic N) is 3. The third-order valence-electron chi connectivity index (χ3n) is 2.00. The number of rotatable bonds is 4. The first-order valence-electron chi connectivity index (χ1n) is 4.46. The van der Waals surface area contributed by atoms with E-state index >= 15 is 0 Å². The highest BCUT2D eigenvalue weighted by molar-refractivity contribution is 6.18. The molecule has 0 atom stereocenters. The van der Waals surface area contributed by atoms with E-state index in [0.717, 1.165) is 12.5 Å². The summed E-state index contributed by atoms with van der Waals surface area (Å²) < 4.78 is 2.01. The van der Waals surface area contributed by atoms with Crippen LogP contribution in [0.15, 0.2) is 12.4 Å². The standard InChI is InChI=1S/C9H16ClN3/c1-8(2)13(6-4-10)9-11-5-7-12(9)3/h5,7-8H,4,6H2,1-3H3. The number of aryl methyl sites for hydroxylation is 1. The lowest BCUT2D eigenvalue weighted by Crippen LogP contribution is -2.34. The Kier molecular flexibility index (Phi) is 3.60. The summed E-state index contributed by atoms with van der Waals surface area (Å²) in [6, 6.07) is 0.430. The minimum atomic E-state index is 0.430. The Balaban J connectivity index is 2.82. The Bertz CT molecular complexity index is 257. The predicted molar refractivity (Wildman–Crippen MR) is 56.4 cm³/mol. The molecule has 4 heteroatoms. The van der Waals surface area contributed by atoms with Crippen molar-refractivity contribution in [3.63, 3.8) is 0 Å². The molecule has 0 aliphatic heterocycles. The van der Waals surface area contributed by atoms with Gasteiger partial charge < -0.3 is 9.47 Å². The molecule has 0 N–H and O–H groups in total. The highest BCUT2D eigenvalue weighted by atomic mass is 35.5. The van der Waals surface area contributed by atoms with Gasteiger partial charge in [0.1, 0.15) is 0 Å². The molecule has 13 heavy (non-hydrogen) atoms. The molecular formula is C9H16ClN3. The summed E-state index contributed by atoms with van der Waals surface area (Å²) in [6.07, 6.45) is 3.75. The summed E-state index contributed by atoms with van der Waals surface area (Å²) in [6.45, 7) is 5.12. The molecule has 3 nitrogen and oxygen atoms in total. The first-order chi connectivity index (χ1) is 6.16. The molecule has 1 aromatic heterocycles. The predicted octanol–water partition coefficient (Wildman–Crippen LogP) is 1.87. The lowest BCUT2D eigenvalue weighted by molar-refractivity contribution is 0.665. The van der Waals surface area contributed by atoms with E-state index in [1.807, 2.05) is 17.8 Å². The number of alkyl halides is 1. The molecule has 1 heterocycles. The van der Waals surface area contributed by atoms with Gasteiger partial charge in [-0.2, -0.15) is 0 Å². The molecule has 0 amide bonds. The van der Waals surface area contributed by atoms with Crippen LogP contribution in [0.25, 0.3) is 0 Å². The van der Waals surface area contributed by atoms with Crippen LogP contribution in [-0.2, 0) is 7.05 Å². The summed E-state index contributed by atoms with van der Waals surface area (Å²) in [5.74, 6) is 1.61. The molecule has 0 spiro atoms. The second kappa shape index (κ2) is 4.51. The van der Waals surface area contributed by atoms with Crippen molar-refractivity contribution < 1.29 is 0 Å². The fourth-order valence-electron chi connectivity index (χ4n) is 1.31. The van der Waals surface area contributed by atoms with Crippen LogP contribution in [0, 0.1) is 0 Å². The van der Waals surface area contributed by atoms with E-state index in [2.05, 4.69) is 23.7 Å². The maximum Gasteiger partial charge on any atom is 0.205 e. The van der Waals surface area contributed by atoms with Crippen molar-refractivity contribution >= 4 is 17.5 Å². The van der Waals surface area contributed by atoms with Crippen LogP contribution < -0.4 is 4.90 Å². The van der Waals surface area contributed by atoms with E-state index in [4.69, 9.17) is 11.6 Å². The van der Waals surface area contributed by atoms with Crippen LogP contribution in [0.3, 0.4) is 0 Å². The molecule has 0 bridgehead atoms. The van der Waals surface area contributed by atoms with Gasteiger partial charge in [0.2, 0.25) is 5.95 Å². The first-order valence-corrected chi connectivity index (χ1v) is 5.00. The Morgan fingerprint density at radius 2 is 2.31 bits per heavy atom. The van der Waals surface area contributed by atoms with Crippen molar-refractivity contribution in [3.05, 3.63) is 12.4 Å². The molecule has 0 saturated carbocycles. The van der Waals surface area contributed by atoms with Gasteiger partial charge in [-0.3, -0.25) is 0 Å². The molecule has 1 rings (SSSR count). The summed E-state index contributed by atoms with van der Waals surface area (Å²) in [5, 5.41) is 0. The number of imidazole rings is 1. The van der Waals surface area contributed by atoms with Gasteiger partial charge in [0.15, 0.2) is 0 Å². The van der Waals surface area contributed by atoms with Crippen LogP contribution in [0.2, 0.25) is 0 Å². The topological polar surface area (TPSA) is 21.1 Å². The van der Waals surface area contributed by atoms with E-state index in [9.17, 15) is 0 Å². The highest BCUT2D eigenvalue weighted by Gasteiger charge is 2.13. The SMILES string of the molecule is CC(C)N(CCCl)c1nccn1C. The van der Waals surface area contributed by atoms with Gasteiger partial charge in [-0.25, -0.2) is 4.98 Å². The zero-order chi connectivity index (χ0) is 9.84. The van der Waals surface area contributed by atoms with E-state index in [-0.39, 0.29) is 0 Å². The number of anilines is 1. The largest absolute Gasteiger partial charge is 0.339 e. The molecule has 0 fully saturated rings. The number of hydrogen-bond donors (Lipinski definition) is 0. The zero-order valence-electron chi connectivity index (χ0n) is 8.37. The molecular weight excluding hydrogens is 186 g/mol. The van der Waals surface area contributed by atoms with Crippen molar-refractivity contribution in [1.82, 2.24) is 9.55 Å². The van der Waals surface area contributed by atoms with E-state index in [0.29, 0.717) is 11.9 Å². The minimum Gasteiger partial charge on any atom is -0.339 e. The van der Waals surface area contributed by atoms with Gasteiger partial charge in [-0.1, -0.05) is 0 Å². The van der Waals surface area contributed by atoms with Crippen molar-refractivity contribution in [2.45, 2.75) is 19.9 Å². The van der Waals surface area contributed by atoms with Crippen molar-refractivity contribution in [2.24, 2.45) is 7.05 Å². The van der Waals surface area contributed by atoms with Crippen LogP contribution in [-0.4, -0.2) is 28.0 Å². The van der Waals surface area contributed by atoms with Crippen molar-refractivity contribution in [1.29, 1.82) is 0 Å². The Morgan fingerprint density at radius 1 is 1.62 bits per heavy atom. The van der Waals surface area contributed by atoms with E-state index in [1.54, 1.807) is 6.20 Å². The first kappa shape index (κ1) is 10.4. The normalized spacial score (nSPS) is 10.8. The Morgan fingerprint density at radius 3 is 2.69 bits per heavy atom. The highest BCUT2D eigenvalue weighted by Crippen LogP contribution is 2.12.